The van der Waals surface area contributed by atoms with Crippen LogP contribution in [0.5, 0.6) is 0 Å². The summed E-state index contributed by atoms with van der Waals surface area (Å²) in [7, 11) is 1.66. The van der Waals surface area contributed by atoms with Crippen molar-refractivity contribution in [1.82, 2.24) is 14.8 Å². The van der Waals surface area contributed by atoms with Crippen LogP contribution < -0.4 is 5.32 Å². The predicted octanol–water partition coefficient (Wildman–Crippen LogP) is 3.43. The summed E-state index contributed by atoms with van der Waals surface area (Å²) in [5.41, 5.74) is 6.18. The fourth-order valence-electron chi connectivity index (χ4n) is 4.00. The minimum Gasteiger partial charge on any atom is -0.355 e. The standard InChI is InChI=1S/C22H25N3O/c1-3-24-13-12-21-19(15-24)18-6-4-5-7-20(18)25(21)14-16-8-10-17(11-9-16)22(26)23-2/h4-11H,3,12-15H2,1-2H3,(H,23,26). The molecule has 2 heterocycles. The Bertz CT molecular complexity index is 940. The van der Waals surface area contributed by atoms with Gasteiger partial charge in [-0.05, 0) is 35.9 Å². The van der Waals surface area contributed by atoms with Gasteiger partial charge >= 0.3 is 0 Å². The van der Waals surface area contributed by atoms with Crippen LogP contribution >= 0.6 is 0 Å². The number of fused-ring (bicyclic) bond motifs is 3. The Morgan fingerprint density at radius 2 is 1.88 bits per heavy atom. The number of rotatable bonds is 4. The van der Waals surface area contributed by atoms with Crippen molar-refractivity contribution in [2.45, 2.75) is 26.4 Å². The van der Waals surface area contributed by atoms with Crippen LogP contribution in [-0.2, 0) is 19.5 Å². The number of aromatic nitrogens is 1. The van der Waals surface area contributed by atoms with Gasteiger partial charge in [0, 0.05) is 55.3 Å². The summed E-state index contributed by atoms with van der Waals surface area (Å²) in [6.07, 6.45) is 1.09. The van der Waals surface area contributed by atoms with Crippen LogP contribution in [0.15, 0.2) is 48.5 Å². The van der Waals surface area contributed by atoms with E-state index < -0.39 is 0 Å². The van der Waals surface area contributed by atoms with Crippen LogP contribution in [0.2, 0.25) is 0 Å². The second-order valence-corrected chi connectivity index (χ2v) is 6.92. The molecule has 1 amide bonds. The van der Waals surface area contributed by atoms with Gasteiger partial charge in [0.1, 0.15) is 0 Å². The summed E-state index contributed by atoms with van der Waals surface area (Å²) in [5.74, 6) is -0.0417. The van der Waals surface area contributed by atoms with Gasteiger partial charge in [0.15, 0.2) is 0 Å². The summed E-state index contributed by atoms with van der Waals surface area (Å²) in [5, 5.41) is 4.05. The van der Waals surface area contributed by atoms with E-state index in [0.717, 1.165) is 32.6 Å². The van der Waals surface area contributed by atoms with Crippen molar-refractivity contribution in [3.8, 4) is 0 Å². The predicted molar refractivity (Wildman–Crippen MR) is 106 cm³/mol. The van der Waals surface area contributed by atoms with Crippen molar-refractivity contribution in [3.05, 3.63) is 70.9 Å². The molecule has 134 valence electrons. The summed E-state index contributed by atoms with van der Waals surface area (Å²) < 4.78 is 2.46. The van der Waals surface area contributed by atoms with E-state index >= 15 is 0 Å². The first-order valence-corrected chi connectivity index (χ1v) is 9.33. The van der Waals surface area contributed by atoms with Gasteiger partial charge in [-0.15, -0.1) is 0 Å². The third-order valence-corrected chi connectivity index (χ3v) is 5.47. The average Bonchev–Trinajstić information content (AvgIpc) is 3.01. The lowest BCUT2D eigenvalue weighted by molar-refractivity contribution is 0.0963. The topological polar surface area (TPSA) is 37.3 Å². The van der Waals surface area contributed by atoms with Crippen LogP contribution in [-0.4, -0.2) is 35.5 Å². The monoisotopic (exact) mass is 347 g/mol. The molecule has 0 fully saturated rings. The zero-order valence-corrected chi connectivity index (χ0v) is 15.5. The van der Waals surface area contributed by atoms with Gasteiger partial charge < -0.3 is 9.88 Å². The Labute approximate surface area is 154 Å². The Morgan fingerprint density at radius 1 is 1.12 bits per heavy atom. The maximum absolute atomic E-state index is 11.7. The highest BCUT2D eigenvalue weighted by Crippen LogP contribution is 2.31. The van der Waals surface area contributed by atoms with E-state index in [4.69, 9.17) is 0 Å². The molecule has 4 rings (SSSR count). The molecule has 0 bridgehead atoms. The van der Waals surface area contributed by atoms with Gasteiger partial charge in [0.2, 0.25) is 0 Å². The molecule has 1 aromatic heterocycles. The third kappa shape index (κ3) is 2.90. The van der Waals surface area contributed by atoms with E-state index in [1.807, 2.05) is 12.1 Å². The van der Waals surface area contributed by atoms with Crippen LogP contribution in [0.25, 0.3) is 10.9 Å². The average molecular weight is 347 g/mol. The van der Waals surface area contributed by atoms with Gasteiger partial charge in [-0.25, -0.2) is 0 Å². The molecule has 0 saturated carbocycles. The highest BCUT2D eigenvalue weighted by atomic mass is 16.1. The normalized spacial score (nSPS) is 14.4. The van der Waals surface area contributed by atoms with E-state index in [-0.39, 0.29) is 5.91 Å². The maximum Gasteiger partial charge on any atom is 0.251 e. The number of likely N-dealkylation sites (N-methyl/N-ethyl adjacent to an activating group) is 1. The second kappa shape index (κ2) is 6.96. The molecule has 0 aliphatic carbocycles. The number of carbonyl (C=O) groups is 1. The zero-order chi connectivity index (χ0) is 18.1. The Morgan fingerprint density at radius 3 is 2.62 bits per heavy atom. The number of hydrogen-bond acceptors (Lipinski definition) is 2. The van der Waals surface area contributed by atoms with Crippen molar-refractivity contribution >= 4 is 16.8 Å². The molecule has 3 aromatic rings. The minimum absolute atomic E-state index is 0.0417. The first-order valence-electron chi connectivity index (χ1n) is 9.33. The molecule has 1 aliphatic heterocycles. The Hall–Kier alpha value is -2.59. The van der Waals surface area contributed by atoms with Crippen molar-refractivity contribution < 1.29 is 4.79 Å². The highest BCUT2D eigenvalue weighted by molar-refractivity contribution is 5.94. The number of carbonyl (C=O) groups excluding carboxylic acids is 1. The summed E-state index contributed by atoms with van der Waals surface area (Å²) in [4.78, 5) is 14.3. The van der Waals surface area contributed by atoms with Gasteiger partial charge in [0.25, 0.3) is 5.91 Å². The molecule has 0 radical (unpaired) electrons. The van der Waals surface area contributed by atoms with Crippen LogP contribution in [0.4, 0.5) is 0 Å². The lowest BCUT2D eigenvalue weighted by Crippen LogP contribution is -2.30. The molecular formula is C22H25N3O. The second-order valence-electron chi connectivity index (χ2n) is 6.92. The molecule has 4 heteroatoms. The van der Waals surface area contributed by atoms with E-state index in [1.54, 1.807) is 7.05 Å². The minimum atomic E-state index is -0.0417. The van der Waals surface area contributed by atoms with E-state index in [9.17, 15) is 4.79 Å². The molecule has 0 saturated heterocycles. The molecule has 1 N–H and O–H groups in total. The van der Waals surface area contributed by atoms with Crippen molar-refractivity contribution in [2.24, 2.45) is 0 Å². The summed E-state index contributed by atoms with van der Waals surface area (Å²) >= 11 is 0. The molecule has 0 atom stereocenters. The molecule has 4 nitrogen and oxygen atoms in total. The van der Waals surface area contributed by atoms with Gasteiger partial charge in [-0.2, -0.15) is 0 Å². The lowest BCUT2D eigenvalue weighted by atomic mass is 10.0. The summed E-state index contributed by atoms with van der Waals surface area (Å²) in [6.45, 7) is 6.33. The Kier molecular flexibility index (Phi) is 4.51. The zero-order valence-electron chi connectivity index (χ0n) is 15.5. The number of amides is 1. The first kappa shape index (κ1) is 16.9. The molecule has 0 spiro atoms. The Balaban J connectivity index is 1.72. The molecule has 1 aliphatic rings. The van der Waals surface area contributed by atoms with Gasteiger partial charge in [-0.3, -0.25) is 9.69 Å². The van der Waals surface area contributed by atoms with E-state index in [1.165, 1.54) is 27.7 Å². The van der Waals surface area contributed by atoms with Crippen molar-refractivity contribution in [1.29, 1.82) is 0 Å². The lowest BCUT2D eigenvalue weighted by Gasteiger charge is -2.27. The van der Waals surface area contributed by atoms with Crippen molar-refractivity contribution in [3.63, 3.8) is 0 Å². The molecular weight excluding hydrogens is 322 g/mol. The molecule has 0 unspecified atom stereocenters. The van der Waals surface area contributed by atoms with Gasteiger partial charge in [-0.1, -0.05) is 37.3 Å². The number of benzene rings is 2. The van der Waals surface area contributed by atoms with Gasteiger partial charge in [0.05, 0.1) is 0 Å². The number of nitrogens with zero attached hydrogens (tertiary/aromatic N) is 2. The largest absolute Gasteiger partial charge is 0.355 e. The number of para-hydroxylation sites is 1. The highest BCUT2D eigenvalue weighted by Gasteiger charge is 2.23. The van der Waals surface area contributed by atoms with Crippen LogP contribution in [0, 0.1) is 0 Å². The van der Waals surface area contributed by atoms with Crippen LogP contribution in [0.3, 0.4) is 0 Å². The SMILES string of the molecule is CCN1CCc2c(c3ccccc3n2Cc2ccc(C(=O)NC)cc2)C1. The van der Waals surface area contributed by atoms with Crippen LogP contribution in [0.1, 0.15) is 34.1 Å². The quantitative estimate of drug-likeness (QED) is 0.785. The fraction of sp³-hybridized carbons (Fsp3) is 0.318. The third-order valence-electron chi connectivity index (χ3n) is 5.47. The summed E-state index contributed by atoms with van der Waals surface area (Å²) in [6, 6.07) is 16.7. The van der Waals surface area contributed by atoms with Crippen molar-refractivity contribution in [2.75, 3.05) is 20.1 Å². The smallest absolute Gasteiger partial charge is 0.251 e. The number of hydrogen-bond donors (Lipinski definition) is 1. The first-order chi connectivity index (χ1) is 12.7. The number of nitrogens with one attached hydrogen (secondary N) is 1. The molecule has 2 aromatic carbocycles. The van der Waals surface area contributed by atoms with E-state index in [0.29, 0.717) is 5.56 Å². The molecule has 26 heavy (non-hydrogen) atoms. The maximum atomic E-state index is 11.7. The fourth-order valence-corrected chi connectivity index (χ4v) is 4.00. The van der Waals surface area contributed by atoms with E-state index in [2.05, 4.69) is 58.1 Å².